The Bertz CT molecular complexity index is 864. The van der Waals surface area contributed by atoms with Gasteiger partial charge in [-0.3, -0.25) is 4.99 Å². The molecular weight excluding hydrogens is 426 g/mol. The minimum atomic E-state index is -0.525. The van der Waals surface area contributed by atoms with E-state index in [-0.39, 0.29) is 12.3 Å². The van der Waals surface area contributed by atoms with Crippen molar-refractivity contribution in [3.63, 3.8) is 0 Å². The van der Waals surface area contributed by atoms with Crippen molar-refractivity contribution < 1.29 is 14.9 Å². The van der Waals surface area contributed by atoms with E-state index >= 15 is 0 Å². The molecule has 34 heavy (non-hydrogen) atoms. The number of benzene rings is 2. The van der Waals surface area contributed by atoms with Crippen LogP contribution in [0.4, 0.5) is 11.4 Å². The summed E-state index contributed by atoms with van der Waals surface area (Å²) in [7, 11) is 0. The minimum Gasteiger partial charge on any atom is -0.507 e. The number of aromatic hydroxyl groups is 1. The summed E-state index contributed by atoms with van der Waals surface area (Å²) in [6.45, 7) is 4.94. The maximum atomic E-state index is 9.95. The molecular formula is C28H41N3O3. The monoisotopic (exact) mass is 467 g/mol. The number of phenols is 1. The smallest absolute Gasteiger partial charge is 0.124 e. The summed E-state index contributed by atoms with van der Waals surface area (Å²) in [5.41, 5.74) is 1.87. The first kappa shape index (κ1) is 27.5. The van der Waals surface area contributed by atoms with E-state index in [1.807, 2.05) is 24.3 Å². The highest BCUT2D eigenvalue weighted by Crippen LogP contribution is 2.25. The number of nitrogens with zero attached hydrogens (tertiary/aromatic N) is 3. The van der Waals surface area contributed by atoms with Gasteiger partial charge in [0, 0.05) is 11.8 Å². The lowest BCUT2D eigenvalue weighted by molar-refractivity contribution is 0.204. The number of rotatable bonds is 17. The van der Waals surface area contributed by atoms with Gasteiger partial charge in [-0.05, 0) is 55.8 Å². The number of hydrogen-bond donors (Lipinski definition) is 2. The van der Waals surface area contributed by atoms with Crippen LogP contribution in [-0.4, -0.2) is 35.7 Å². The molecule has 2 aromatic rings. The van der Waals surface area contributed by atoms with E-state index in [1.54, 1.807) is 25.1 Å². The molecule has 2 rings (SSSR count). The number of unbranched alkanes of at least 4 members (excludes halogenated alkanes) is 9. The first-order valence-corrected chi connectivity index (χ1v) is 12.7. The zero-order valence-corrected chi connectivity index (χ0v) is 20.8. The van der Waals surface area contributed by atoms with E-state index in [0.717, 1.165) is 24.5 Å². The van der Waals surface area contributed by atoms with Gasteiger partial charge in [0.25, 0.3) is 0 Å². The minimum absolute atomic E-state index is 0.109. The van der Waals surface area contributed by atoms with Crippen LogP contribution in [-0.2, 0) is 0 Å². The zero-order chi connectivity index (χ0) is 24.4. The van der Waals surface area contributed by atoms with E-state index in [4.69, 9.17) is 4.74 Å². The second-order valence-corrected chi connectivity index (χ2v) is 8.81. The molecule has 0 aliphatic rings. The third-order valence-electron chi connectivity index (χ3n) is 5.50. The Morgan fingerprint density at radius 2 is 1.41 bits per heavy atom. The van der Waals surface area contributed by atoms with E-state index in [9.17, 15) is 10.2 Å². The summed E-state index contributed by atoms with van der Waals surface area (Å²) in [5.74, 6) is 0.952. The second-order valence-electron chi connectivity index (χ2n) is 8.81. The number of aliphatic imine (C=N–C) groups is 1. The highest BCUT2D eigenvalue weighted by Gasteiger charge is 2.01. The number of azo groups is 1. The third-order valence-corrected chi connectivity index (χ3v) is 5.50. The van der Waals surface area contributed by atoms with Crippen LogP contribution in [0.25, 0.3) is 0 Å². The number of aliphatic hydroxyl groups is 1. The molecule has 6 nitrogen and oxygen atoms in total. The molecule has 0 saturated carbocycles. The molecule has 1 unspecified atom stereocenters. The summed E-state index contributed by atoms with van der Waals surface area (Å²) >= 11 is 0. The van der Waals surface area contributed by atoms with Crippen molar-refractivity contribution in [1.29, 1.82) is 0 Å². The Morgan fingerprint density at radius 1 is 0.824 bits per heavy atom. The largest absolute Gasteiger partial charge is 0.507 e. The summed E-state index contributed by atoms with van der Waals surface area (Å²) in [6, 6.07) is 12.5. The zero-order valence-electron chi connectivity index (χ0n) is 20.8. The van der Waals surface area contributed by atoms with Gasteiger partial charge in [0.2, 0.25) is 0 Å². The van der Waals surface area contributed by atoms with Crippen molar-refractivity contribution in [2.75, 3.05) is 13.2 Å². The van der Waals surface area contributed by atoms with Gasteiger partial charge in [-0.2, -0.15) is 10.2 Å². The third kappa shape index (κ3) is 11.9. The number of ether oxygens (including phenoxy) is 1. The summed E-state index contributed by atoms with van der Waals surface area (Å²) in [5, 5.41) is 27.8. The average Bonchev–Trinajstić information content (AvgIpc) is 2.83. The van der Waals surface area contributed by atoms with Crippen molar-refractivity contribution >= 4 is 17.6 Å². The molecule has 0 spiro atoms. The molecule has 186 valence electrons. The Hall–Kier alpha value is -2.73. The highest BCUT2D eigenvalue weighted by atomic mass is 16.5. The average molecular weight is 468 g/mol. The standard InChI is InChI=1S/C28H41N3O3/c1-3-4-5-6-7-8-9-10-11-12-19-34-27-16-13-25(14-17-27)30-31-26-15-18-28(33)24(20-26)22-29-21-23(2)32/h13-18,20,22-23,32-33H,3-12,19,21H2,1-2H3. The maximum absolute atomic E-state index is 9.95. The molecule has 0 aromatic heterocycles. The lowest BCUT2D eigenvalue weighted by atomic mass is 10.1. The Balaban J connectivity index is 1.68. The fourth-order valence-corrected chi connectivity index (χ4v) is 3.52. The van der Waals surface area contributed by atoms with E-state index < -0.39 is 6.10 Å². The maximum Gasteiger partial charge on any atom is 0.124 e. The first-order valence-electron chi connectivity index (χ1n) is 12.7. The van der Waals surface area contributed by atoms with Crippen molar-refractivity contribution in [1.82, 2.24) is 0 Å². The predicted molar refractivity (Wildman–Crippen MR) is 140 cm³/mol. The molecule has 0 aliphatic heterocycles. The lowest BCUT2D eigenvalue weighted by Gasteiger charge is -2.06. The Kier molecular flexibility index (Phi) is 13.6. The molecule has 0 saturated heterocycles. The molecule has 0 radical (unpaired) electrons. The van der Waals surface area contributed by atoms with Crippen LogP contribution in [0.1, 0.15) is 83.6 Å². The quantitative estimate of drug-likeness (QED) is 0.141. The molecule has 1 atom stereocenters. The van der Waals surface area contributed by atoms with Gasteiger partial charge in [-0.25, -0.2) is 0 Å². The number of aliphatic hydroxyl groups excluding tert-OH is 1. The number of phenolic OH excluding ortho intramolecular Hbond substituents is 1. The van der Waals surface area contributed by atoms with Crippen molar-refractivity contribution in [2.24, 2.45) is 15.2 Å². The summed E-state index contributed by atoms with van der Waals surface area (Å²) in [6.07, 6.45) is 14.2. The molecule has 0 bridgehead atoms. The molecule has 0 heterocycles. The van der Waals surface area contributed by atoms with Crippen LogP contribution in [0.2, 0.25) is 0 Å². The van der Waals surface area contributed by atoms with E-state index in [1.165, 1.54) is 64.0 Å². The predicted octanol–water partition coefficient (Wildman–Crippen LogP) is 7.91. The summed E-state index contributed by atoms with van der Waals surface area (Å²) < 4.78 is 5.85. The van der Waals surface area contributed by atoms with Crippen LogP contribution in [0.15, 0.2) is 57.7 Å². The molecule has 0 fully saturated rings. The fraction of sp³-hybridized carbons (Fsp3) is 0.536. The number of hydrogen-bond acceptors (Lipinski definition) is 6. The van der Waals surface area contributed by atoms with Crippen LogP contribution < -0.4 is 4.74 Å². The van der Waals surface area contributed by atoms with Crippen LogP contribution in [0.5, 0.6) is 11.5 Å². The topological polar surface area (TPSA) is 86.8 Å². The summed E-state index contributed by atoms with van der Waals surface area (Å²) in [4.78, 5) is 4.11. The molecule has 0 aliphatic carbocycles. The lowest BCUT2D eigenvalue weighted by Crippen LogP contribution is -2.03. The van der Waals surface area contributed by atoms with Crippen LogP contribution >= 0.6 is 0 Å². The normalized spacial score (nSPS) is 12.6. The van der Waals surface area contributed by atoms with Gasteiger partial charge in [0.1, 0.15) is 11.5 Å². The van der Waals surface area contributed by atoms with Crippen LogP contribution in [0.3, 0.4) is 0 Å². The fourth-order valence-electron chi connectivity index (χ4n) is 3.52. The molecule has 6 heteroatoms. The highest BCUT2D eigenvalue weighted by molar-refractivity contribution is 5.84. The van der Waals surface area contributed by atoms with Crippen molar-refractivity contribution in [2.45, 2.75) is 84.2 Å². The van der Waals surface area contributed by atoms with Gasteiger partial charge in [-0.15, -0.1) is 0 Å². The van der Waals surface area contributed by atoms with Gasteiger partial charge >= 0.3 is 0 Å². The van der Waals surface area contributed by atoms with Crippen LogP contribution in [0, 0.1) is 0 Å². The molecule has 2 aromatic carbocycles. The molecule has 0 amide bonds. The van der Waals surface area contributed by atoms with Gasteiger partial charge in [0.05, 0.1) is 30.6 Å². The van der Waals surface area contributed by atoms with Gasteiger partial charge in [0.15, 0.2) is 0 Å². The molecule has 2 N–H and O–H groups in total. The van der Waals surface area contributed by atoms with E-state index in [2.05, 4.69) is 22.1 Å². The van der Waals surface area contributed by atoms with Gasteiger partial charge in [-0.1, -0.05) is 64.7 Å². The van der Waals surface area contributed by atoms with Crippen molar-refractivity contribution in [3.05, 3.63) is 48.0 Å². The second kappa shape index (κ2) is 16.8. The Labute approximate surface area is 204 Å². The Morgan fingerprint density at radius 3 is 2.06 bits per heavy atom. The SMILES string of the molecule is CCCCCCCCCCCCOc1ccc(N=Nc2ccc(O)c(C=NCC(C)O)c2)cc1. The van der Waals surface area contributed by atoms with Gasteiger partial charge < -0.3 is 14.9 Å². The first-order chi connectivity index (χ1) is 16.6. The van der Waals surface area contributed by atoms with Crippen molar-refractivity contribution in [3.8, 4) is 11.5 Å². The van der Waals surface area contributed by atoms with E-state index in [0.29, 0.717) is 11.3 Å².